The van der Waals surface area contributed by atoms with E-state index in [9.17, 15) is 9.90 Å². The minimum atomic E-state index is -0.305. The maximum atomic E-state index is 12.8. The van der Waals surface area contributed by atoms with E-state index in [4.69, 9.17) is 4.74 Å². The van der Waals surface area contributed by atoms with Crippen molar-refractivity contribution in [1.82, 2.24) is 25.3 Å². The topological polar surface area (TPSA) is 107 Å². The number of phenolic OH excluding ortho intramolecular Hbond substituents is 1. The van der Waals surface area contributed by atoms with E-state index in [1.165, 1.54) is 0 Å². The van der Waals surface area contributed by atoms with Gasteiger partial charge in [-0.15, -0.1) is 10.2 Å². The summed E-state index contributed by atoms with van der Waals surface area (Å²) in [6, 6.07) is 9.47. The van der Waals surface area contributed by atoms with E-state index in [0.717, 1.165) is 29.8 Å². The molecule has 0 aliphatic carbocycles. The van der Waals surface area contributed by atoms with Gasteiger partial charge in [-0.2, -0.15) is 5.10 Å². The number of H-pyrrole nitrogens is 1. The Labute approximate surface area is 218 Å². The van der Waals surface area contributed by atoms with Gasteiger partial charge in [-0.3, -0.25) is 9.89 Å². The number of benzene rings is 1. The van der Waals surface area contributed by atoms with Crippen molar-refractivity contribution in [2.24, 2.45) is 0 Å². The first-order valence-corrected chi connectivity index (χ1v) is 12.8. The number of hydrogen-bond donors (Lipinski definition) is 2. The molecule has 1 saturated heterocycles. The maximum absolute atomic E-state index is 12.8. The third-order valence-corrected chi connectivity index (χ3v) is 7.26. The molecule has 1 amide bonds. The number of nitrogens with zero attached hydrogens (tertiary/aromatic N) is 5. The third kappa shape index (κ3) is 5.46. The number of anilines is 1. The smallest absolute Gasteiger partial charge is 0.223 e. The molecular weight excluding hydrogens is 468 g/mol. The standard InChI is InChI=1S/C28H38N6O3/c1-7-26(36)34-27(2,3)15-21(16-28(34,4)5)33(12-13-37-6)25-11-10-23(31-32-25)22-9-8-19(14-24(22)35)20-17-29-30-18-20/h8-11,14,17-18,21,35H,7,12-13,15-16H2,1-6H3,(H,29,30). The minimum Gasteiger partial charge on any atom is -0.507 e. The molecule has 2 N–H and O–H groups in total. The number of phenols is 1. The molecule has 0 spiro atoms. The molecule has 4 rings (SSSR count). The summed E-state index contributed by atoms with van der Waals surface area (Å²) in [5.41, 5.74) is 2.36. The van der Waals surface area contributed by atoms with Gasteiger partial charge in [0.05, 0.1) is 18.5 Å². The Bertz CT molecular complexity index is 1190. The molecule has 0 radical (unpaired) electrons. The van der Waals surface area contributed by atoms with Crippen LogP contribution in [0.25, 0.3) is 22.4 Å². The molecule has 0 saturated carbocycles. The van der Waals surface area contributed by atoms with Crippen LogP contribution in [-0.2, 0) is 9.53 Å². The number of carbonyl (C=O) groups excluding carboxylic acids is 1. The Kier molecular flexibility index (Phi) is 7.54. The van der Waals surface area contributed by atoms with Crippen molar-refractivity contribution >= 4 is 11.7 Å². The Morgan fingerprint density at radius 1 is 1.14 bits per heavy atom. The zero-order valence-electron chi connectivity index (χ0n) is 22.7. The number of piperidine rings is 1. The second-order valence-corrected chi connectivity index (χ2v) is 11.0. The van der Waals surface area contributed by atoms with E-state index in [0.29, 0.717) is 30.8 Å². The molecule has 0 atom stereocenters. The number of likely N-dealkylation sites (tertiary alicyclic amines) is 1. The van der Waals surface area contributed by atoms with Gasteiger partial charge in [0.1, 0.15) is 5.75 Å². The molecule has 3 aromatic rings. The molecule has 0 unspecified atom stereocenters. The number of carbonyl (C=O) groups is 1. The summed E-state index contributed by atoms with van der Waals surface area (Å²) in [5.74, 6) is 1.07. The van der Waals surface area contributed by atoms with E-state index < -0.39 is 0 Å². The number of aromatic hydroxyl groups is 1. The van der Waals surface area contributed by atoms with Gasteiger partial charge in [0.2, 0.25) is 5.91 Å². The van der Waals surface area contributed by atoms with Crippen LogP contribution >= 0.6 is 0 Å². The molecule has 1 aliphatic heterocycles. The lowest BCUT2D eigenvalue weighted by molar-refractivity contribution is -0.149. The van der Waals surface area contributed by atoms with Crippen molar-refractivity contribution in [2.45, 2.75) is 71.0 Å². The van der Waals surface area contributed by atoms with Crippen molar-refractivity contribution in [1.29, 1.82) is 0 Å². The van der Waals surface area contributed by atoms with Crippen LogP contribution in [0.5, 0.6) is 5.75 Å². The minimum absolute atomic E-state index is 0.133. The van der Waals surface area contributed by atoms with Gasteiger partial charge in [0.15, 0.2) is 5.82 Å². The molecule has 198 valence electrons. The van der Waals surface area contributed by atoms with Crippen molar-refractivity contribution in [3.63, 3.8) is 0 Å². The zero-order chi connectivity index (χ0) is 26.8. The van der Waals surface area contributed by atoms with Gasteiger partial charge in [-0.1, -0.05) is 13.0 Å². The van der Waals surface area contributed by atoms with E-state index in [1.807, 2.05) is 31.2 Å². The normalized spacial score (nSPS) is 17.1. The lowest BCUT2D eigenvalue weighted by atomic mass is 9.76. The monoisotopic (exact) mass is 506 g/mol. The number of methoxy groups -OCH3 is 1. The van der Waals surface area contributed by atoms with Crippen LogP contribution < -0.4 is 4.90 Å². The predicted molar refractivity (Wildman–Crippen MR) is 144 cm³/mol. The highest BCUT2D eigenvalue weighted by atomic mass is 16.5. The fraction of sp³-hybridized carbons (Fsp3) is 0.500. The van der Waals surface area contributed by atoms with Gasteiger partial charge in [-0.25, -0.2) is 0 Å². The molecule has 3 heterocycles. The third-order valence-electron chi connectivity index (χ3n) is 7.26. The van der Waals surface area contributed by atoms with Crippen molar-refractivity contribution in [3.05, 3.63) is 42.7 Å². The average molecular weight is 507 g/mol. The SMILES string of the molecule is CCC(=O)N1C(C)(C)CC(N(CCOC)c2ccc(-c3ccc(-c4cn[nH]c4)cc3O)nn2)CC1(C)C. The number of aromatic nitrogens is 4. The fourth-order valence-electron chi connectivity index (χ4n) is 5.91. The lowest BCUT2D eigenvalue weighted by Crippen LogP contribution is -2.66. The molecule has 37 heavy (non-hydrogen) atoms. The van der Waals surface area contributed by atoms with E-state index in [1.54, 1.807) is 25.6 Å². The second-order valence-electron chi connectivity index (χ2n) is 11.0. The summed E-state index contributed by atoms with van der Waals surface area (Å²) in [6.45, 7) is 11.7. The molecular formula is C28H38N6O3. The second kappa shape index (κ2) is 10.5. The number of nitrogens with one attached hydrogen (secondary N) is 1. The summed E-state index contributed by atoms with van der Waals surface area (Å²) in [4.78, 5) is 17.2. The number of aromatic amines is 1. The van der Waals surface area contributed by atoms with Crippen LogP contribution in [0.2, 0.25) is 0 Å². The first-order valence-electron chi connectivity index (χ1n) is 12.8. The number of ether oxygens (including phenoxy) is 1. The van der Waals surface area contributed by atoms with Crippen LogP contribution in [0.4, 0.5) is 5.82 Å². The molecule has 9 heteroatoms. The van der Waals surface area contributed by atoms with Gasteiger partial charge >= 0.3 is 0 Å². The lowest BCUT2D eigenvalue weighted by Gasteiger charge is -2.57. The van der Waals surface area contributed by atoms with Crippen LogP contribution in [0, 0.1) is 0 Å². The first-order chi connectivity index (χ1) is 17.6. The zero-order valence-corrected chi connectivity index (χ0v) is 22.7. The van der Waals surface area contributed by atoms with Gasteiger partial charge in [0, 0.05) is 54.5 Å². The molecule has 1 aliphatic rings. The van der Waals surface area contributed by atoms with Crippen molar-refractivity contribution < 1.29 is 14.6 Å². The summed E-state index contributed by atoms with van der Waals surface area (Å²) in [5, 5.41) is 26.5. The highest BCUT2D eigenvalue weighted by Crippen LogP contribution is 2.41. The Morgan fingerprint density at radius 2 is 1.86 bits per heavy atom. The highest BCUT2D eigenvalue weighted by Gasteiger charge is 2.48. The summed E-state index contributed by atoms with van der Waals surface area (Å²) >= 11 is 0. The fourth-order valence-corrected chi connectivity index (χ4v) is 5.91. The van der Waals surface area contributed by atoms with E-state index >= 15 is 0 Å². The van der Waals surface area contributed by atoms with Gasteiger partial charge in [-0.05, 0) is 70.4 Å². The maximum Gasteiger partial charge on any atom is 0.223 e. The molecule has 1 aromatic carbocycles. The Morgan fingerprint density at radius 3 is 2.41 bits per heavy atom. The van der Waals surface area contributed by atoms with Gasteiger partial charge in [0.25, 0.3) is 0 Å². The largest absolute Gasteiger partial charge is 0.507 e. The first kappa shape index (κ1) is 26.6. The van der Waals surface area contributed by atoms with Crippen LogP contribution in [0.3, 0.4) is 0 Å². The highest BCUT2D eigenvalue weighted by molar-refractivity contribution is 5.78. The molecule has 2 aromatic heterocycles. The average Bonchev–Trinajstić information content (AvgIpc) is 3.38. The number of amides is 1. The summed E-state index contributed by atoms with van der Waals surface area (Å²) < 4.78 is 5.42. The summed E-state index contributed by atoms with van der Waals surface area (Å²) in [6.07, 6.45) is 5.61. The molecule has 9 nitrogen and oxygen atoms in total. The summed E-state index contributed by atoms with van der Waals surface area (Å²) in [7, 11) is 1.69. The van der Waals surface area contributed by atoms with Crippen LogP contribution in [0.15, 0.2) is 42.7 Å². The number of rotatable bonds is 8. The Hall–Kier alpha value is -3.46. The molecule has 1 fully saturated rings. The van der Waals surface area contributed by atoms with E-state index in [-0.39, 0.29) is 28.8 Å². The van der Waals surface area contributed by atoms with Crippen molar-refractivity contribution in [3.8, 4) is 28.1 Å². The van der Waals surface area contributed by atoms with Gasteiger partial charge < -0.3 is 19.6 Å². The van der Waals surface area contributed by atoms with Crippen LogP contribution in [0.1, 0.15) is 53.9 Å². The Balaban J connectivity index is 1.61. The van der Waals surface area contributed by atoms with Crippen LogP contribution in [-0.4, -0.2) is 73.7 Å². The predicted octanol–water partition coefficient (Wildman–Crippen LogP) is 4.65. The van der Waals surface area contributed by atoms with E-state index in [2.05, 4.69) is 57.9 Å². The molecule has 0 bridgehead atoms. The van der Waals surface area contributed by atoms with Crippen molar-refractivity contribution in [2.75, 3.05) is 25.2 Å². The quantitative estimate of drug-likeness (QED) is 0.458. The number of hydrogen-bond acceptors (Lipinski definition) is 7.